The van der Waals surface area contributed by atoms with E-state index in [-0.39, 0.29) is 12.1 Å². The number of nitrogens with one attached hydrogen (secondary N) is 3. The Kier molecular flexibility index (Phi) is 4.09. The second-order valence-corrected chi connectivity index (χ2v) is 7.14. The summed E-state index contributed by atoms with van der Waals surface area (Å²) in [5.41, 5.74) is 4.36. The van der Waals surface area contributed by atoms with Crippen LogP contribution >= 0.6 is 0 Å². The van der Waals surface area contributed by atoms with Crippen LogP contribution in [0.5, 0.6) is 6.01 Å². The predicted molar refractivity (Wildman–Crippen MR) is 104 cm³/mol. The Balaban J connectivity index is 1.51. The molecule has 0 aliphatic carbocycles. The first-order valence-corrected chi connectivity index (χ1v) is 9.38. The van der Waals surface area contributed by atoms with E-state index in [2.05, 4.69) is 36.9 Å². The molecule has 3 N–H and O–H groups in total. The van der Waals surface area contributed by atoms with Gasteiger partial charge in [-0.25, -0.2) is 14.8 Å². The maximum Gasteiger partial charge on any atom is 0.322 e. The highest BCUT2D eigenvalue weighted by Gasteiger charge is 2.30. The summed E-state index contributed by atoms with van der Waals surface area (Å²) < 4.78 is 5.03. The maximum absolute atomic E-state index is 12.6. The monoisotopic (exact) mass is 379 g/mol. The number of amides is 2. The molecule has 5 rings (SSSR count). The van der Waals surface area contributed by atoms with E-state index in [4.69, 9.17) is 4.74 Å². The van der Waals surface area contributed by atoms with Gasteiger partial charge in [-0.1, -0.05) is 0 Å². The van der Waals surface area contributed by atoms with Crippen molar-refractivity contribution in [3.63, 3.8) is 0 Å². The first-order valence-electron chi connectivity index (χ1n) is 9.38. The van der Waals surface area contributed by atoms with E-state index in [1.165, 1.54) is 7.11 Å². The van der Waals surface area contributed by atoms with E-state index < -0.39 is 0 Å². The zero-order chi connectivity index (χ0) is 19.1. The van der Waals surface area contributed by atoms with Gasteiger partial charge in [0.25, 0.3) is 0 Å². The SMILES string of the molecule is COc1ncc(-c2n[nH]c3cc4c(cc23)CN(C2CCCNC2)C(=O)N4)cn1. The molecule has 1 atom stereocenters. The second kappa shape index (κ2) is 6.75. The normalized spacial score (nSPS) is 19.4. The molecule has 0 radical (unpaired) electrons. The highest BCUT2D eigenvalue weighted by Crippen LogP contribution is 2.33. The lowest BCUT2D eigenvalue weighted by molar-refractivity contribution is 0.166. The van der Waals surface area contributed by atoms with Crippen molar-refractivity contribution in [1.82, 2.24) is 30.4 Å². The molecule has 9 nitrogen and oxygen atoms in total. The number of urea groups is 1. The summed E-state index contributed by atoms with van der Waals surface area (Å²) in [7, 11) is 1.53. The minimum Gasteiger partial charge on any atom is -0.467 e. The van der Waals surface area contributed by atoms with Gasteiger partial charge >= 0.3 is 12.0 Å². The van der Waals surface area contributed by atoms with Gasteiger partial charge in [0.2, 0.25) is 0 Å². The first kappa shape index (κ1) is 16.9. The topological polar surface area (TPSA) is 108 Å². The van der Waals surface area contributed by atoms with Crippen LogP contribution in [0.3, 0.4) is 0 Å². The smallest absolute Gasteiger partial charge is 0.322 e. The number of hydrogen-bond donors (Lipinski definition) is 3. The molecule has 2 aliphatic heterocycles. The van der Waals surface area contributed by atoms with Crippen molar-refractivity contribution in [1.29, 1.82) is 0 Å². The van der Waals surface area contributed by atoms with E-state index in [0.29, 0.717) is 12.6 Å². The van der Waals surface area contributed by atoms with Gasteiger partial charge < -0.3 is 20.3 Å². The number of carbonyl (C=O) groups is 1. The molecular weight excluding hydrogens is 358 g/mol. The molecule has 1 aromatic carbocycles. The number of hydrogen-bond acceptors (Lipinski definition) is 6. The van der Waals surface area contributed by atoms with Crippen LogP contribution in [0.4, 0.5) is 10.5 Å². The van der Waals surface area contributed by atoms with Crippen molar-refractivity contribution in [3.8, 4) is 17.3 Å². The first-order chi connectivity index (χ1) is 13.7. The lowest BCUT2D eigenvalue weighted by Crippen LogP contribution is -2.51. The summed E-state index contributed by atoms with van der Waals surface area (Å²) in [6.45, 7) is 2.45. The fourth-order valence-corrected chi connectivity index (χ4v) is 3.96. The Morgan fingerprint density at radius 2 is 2.11 bits per heavy atom. The number of aromatic amines is 1. The van der Waals surface area contributed by atoms with Crippen molar-refractivity contribution in [3.05, 3.63) is 30.1 Å². The van der Waals surface area contributed by atoms with Gasteiger partial charge in [0.1, 0.15) is 5.69 Å². The summed E-state index contributed by atoms with van der Waals surface area (Å²) in [4.78, 5) is 22.9. The van der Waals surface area contributed by atoms with E-state index in [9.17, 15) is 4.79 Å². The standard InChI is InChI=1S/C19H21N7O2/c1-28-18-21-7-12(8-22-18)17-14-5-11-10-26(13-3-2-4-20-9-13)19(27)23-15(11)6-16(14)24-25-17/h5-8,13,20H,2-4,9-10H2,1H3,(H,23,27)(H,24,25). The molecule has 2 aromatic heterocycles. The van der Waals surface area contributed by atoms with Crippen molar-refractivity contribution in [2.24, 2.45) is 0 Å². The number of rotatable bonds is 3. The van der Waals surface area contributed by atoms with Crippen LogP contribution in [0.25, 0.3) is 22.2 Å². The fraction of sp³-hybridized carbons (Fsp3) is 0.368. The van der Waals surface area contributed by atoms with Crippen LogP contribution in [-0.4, -0.2) is 57.3 Å². The Morgan fingerprint density at radius 1 is 1.25 bits per heavy atom. The summed E-state index contributed by atoms with van der Waals surface area (Å²) in [6.07, 6.45) is 5.51. The number of fused-ring (bicyclic) bond motifs is 2. The summed E-state index contributed by atoms with van der Waals surface area (Å²) in [5, 5.41) is 14.9. The van der Waals surface area contributed by atoms with Crippen molar-refractivity contribution in [2.75, 3.05) is 25.5 Å². The van der Waals surface area contributed by atoms with Gasteiger partial charge in [-0.3, -0.25) is 5.10 Å². The van der Waals surface area contributed by atoms with Gasteiger partial charge in [0, 0.05) is 48.2 Å². The van der Waals surface area contributed by atoms with Gasteiger partial charge in [-0.2, -0.15) is 5.10 Å². The highest BCUT2D eigenvalue weighted by atomic mass is 16.5. The van der Waals surface area contributed by atoms with E-state index in [0.717, 1.165) is 59.3 Å². The number of benzene rings is 1. The molecule has 2 aliphatic rings. The Hall–Kier alpha value is -3.20. The third-order valence-electron chi connectivity index (χ3n) is 5.43. The minimum atomic E-state index is -0.0381. The molecule has 0 bridgehead atoms. The maximum atomic E-state index is 12.6. The molecule has 1 saturated heterocycles. The Bertz CT molecular complexity index is 1020. The summed E-state index contributed by atoms with van der Waals surface area (Å²) >= 11 is 0. The number of H-pyrrole nitrogens is 1. The zero-order valence-electron chi connectivity index (χ0n) is 15.5. The molecular formula is C19H21N7O2. The van der Waals surface area contributed by atoms with Gasteiger partial charge in [-0.15, -0.1) is 0 Å². The van der Waals surface area contributed by atoms with Crippen molar-refractivity contribution in [2.45, 2.75) is 25.4 Å². The summed E-state index contributed by atoms with van der Waals surface area (Å²) in [6, 6.07) is 4.54. The Morgan fingerprint density at radius 3 is 2.86 bits per heavy atom. The minimum absolute atomic E-state index is 0.0381. The van der Waals surface area contributed by atoms with E-state index in [1.54, 1.807) is 12.4 Å². The largest absolute Gasteiger partial charge is 0.467 e. The number of aromatic nitrogens is 4. The number of anilines is 1. The van der Waals surface area contributed by atoms with Crippen LogP contribution < -0.4 is 15.4 Å². The molecule has 0 spiro atoms. The summed E-state index contributed by atoms with van der Waals surface area (Å²) in [5.74, 6) is 0. The molecule has 9 heteroatoms. The van der Waals surface area contributed by atoms with E-state index >= 15 is 0 Å². The van der Waals surface area contributed by atoms with Crippen LogP contribution in [0.2, 0.25) is 0 Å². The number of carbonyl (C=O) groups excluding carboxylic acids is 1. The second-order valence-electron chi connectivity index (χ2n) is 7.14. The molecule has 1 fully saturated rings. The molecule has 2 amide bonds. The molecule has 1 unspecified atom stereocenters. The van der Waals surface area contributed by atoms with Crippen LogP contribution in [0.15, 0.2) is 24.5 Å². The third kappa shape index (κ3) is 2.84. The van der Waals surface area contributed by atoms with Crippen LogP contribution in [-0.2, 0) is 6.54 Å². The van der Waals surface area contributed by atoms with Gasteiger partial charge in [-0.05, 0) is 37.1 Å². The van der Waals surface area contributed by atoms with Crippen molar-refractivity contribution >= 4 is 22.6 Å². The average Bonchev–Trinajstić information content (AvgIpc) is 3.15. The quantitative estimate of drug-likeness (QED) is 0.643. The molecule has 4 heterocycles. The number of methoxy groups -OCH3 is 1. The van der Waals surface area contributed by atoms with Crippen LogP contribution in [0.1, 0.15) is 18.4 Å². The number of ether oxygens (including phenoxy) is 1. The number of nitrogens with zero attached hydrogens (tertiary/aromatic N) is 4. The van der Waals surface area contributed by atoms with Crippen LogP contribution in [0, 0.1) is 0 Å². The lowest BCUT2D eigenvalue weighted by atomic mass is 10.0. The number of piperidine rings is 1. The third-order valence-corrected chi connectivity index (χ3v) is 5.43. The molecule has 144 valence electrons. The predicted octanol–water partition coefficient (Wildman–Crippen LogP) is 2.13. The zero-order valence-corrected chi connectivity index (χ0v) is 15.5. The van der Waals surface area contributed by atoms with E-state index in [1.807, 2.05) is 11.0 Å². The average molecular weight is 379 g/mol. The van der Waals surface area contributed by atoms with Gasteiger partial charge in [0.05, 0.1) is 12.6 Å². The lowest BCUT2D eigenvalue weighted by Gasteiger charge is -2.38. The molecule has 28 heavy (non-hydrogen) atoms. The van der Waals surface area contributed by atoms with Crippen molar-refractivity contribution < 1.29 is 9.53 Å². The molecule has 0 saturated carbocycles. The molecule has 3 aromatic rings. The Labute approximate surface area is 161 Å². The van der Waals surface area contributed by atoms with Gasteiger partial charge in [0.15, 0.2) is 0 Å². The highest BCUT2D eigenvalue weighted by molar-refractivity contribution is 6.00. The fourth-order valence-electron chi connectivity index (χ4n) is 3.96.